The first-order valence-corrected chi connectivity index (χ1v) is 7.49. The lowest BCUT2D eigenvalue weighted by Gasteiger charge is -2.19. The minimum atomic E-state index is 0.174. The van der Waals surface area contributed by atoms with Crippen molar-refractivity contribution in [2.45, 2.75) is 26.2 Å². The fraction of sp³-hybridized carbons (Fsp3) is 0.235. The van der Waals surface area contributed by atoms with Gasteiger partial charge in [-0.05, 0) is 39.0 Å². The topological polar surface area (TPSA) is 17.3 Å². The van der Waals surface area contributed by atoms with E-state index >= 15 is 0 Å². The lowest BCUT2D eigenvalue weighted by Crippen LogP contribution is -2.10. The first-order valence-electron chi connectivity index (χ1n) is 6.70. The highest BCUT2D eigenvalue weighted by atomic mass is 79.9. The molecule has 20 heavy (non-hydrogen) atoms. The van der Waals surface area contributed by atoms with Gasteiger partial charge >= 0.3 is 0 Å². The molecule has 0 atom stereocenters. The average Bonchev–Trinajstić information content (AvgIpc) is 2.76. The maximum absolute atomic E-state index is 4.63. The molecule has 1 aromatic carbocycles. The third-order valence-corrected chi connectivity index (χ3v) is 4.10. The van der Waals surface area contributed by atoms with E-state index in [0.717, 1.165) is 21.5 Å². The van der Waals surface area contributed by atoms with Crippen LogP contribution in [0.15, 0.2) is 53.3 Å². The van der Waals surface area contributed by atoms with E-state index in [1.165, 1.54) is 5.56 Å². The van der Waals surface area contributed by atoms with Gasteiger partial charge < -0.3 is 0 Å². The summed E-state index contributed by atoms with van der Waals surface area (Å²) in [6, 6.07) is 14.8. The summed E-state index contributed by atoms with van der Waals surface area (Å²) in [7, 11) is 0. The molecule has 0 saturated heterocycles. The standard InChI is InChI=1S/C17H17BrN2/c1-17(2,3)13-9-7-12(8-10-13)16-19-15(18)14-6-4-5-11-20(14)16/h4-11H,1-3H3. The van der Waals surface area contributed by atoms with Gasteiger partial charge in [0.05, 0.1) is 5.52 Å². The molecule has 2 nitrogen and oxygen atoms in total. The van der Waals surface area contributed by atoms with Crippen molar-refractivity contribution in [1.29, 1.82) is 0 Å². The van der Waals surface area contributed by atoms with Gasteiger partial charge in [0.15, 0.2) is 0 Å². The molecule has 3 heteroatoms. The van der Waals surface area contributed by atoms with Gasteiger partial charge in [-0.2, -0.15) is 0 Å². The molecule has 3 rings (SSSR count). The van der Waals surface area contributed by atoms with Crippen LogP contribution in [0.4, 0.5) is 0 Å². The van der Waals surface area contributed by atoms with E-state index in [9.17, 15) is 0 Å². The third kappa shape index (κ3) is 2.27. The Bertz CT molecular complexity index is 749. The van der Waals surface area contributed by atoms with Crippen LogP contribution in [0.3, 0.4) is 0 Å². The van der Waals surface area contributed by atoms with Crippen molar-refractivity contribution >= 4 is 21.4 Å². The molecule has 0 fully saturated rings. The van der Waals surface area contributed by atoms with Crippen molar-refractivity contribution in [3.63, 3.8) is 0 Å². The van der Waals surface area contributed by atoms with Gasteiger partial charge in [0.1, 0.15) is 10.4 Å². The second-order valence-electron chi connectivity index (χ2n) is 6.01. The molecule has 0 aliphatic carbocycles. The number of halogens is 1. The molecule has 0 amide bonds. The van der Waals surface area contributed by atoms with Gasteiger partial charge in [-0.25, -0.2) is 4.98 Å². The molecule has 0 saturated carbocycles. The van der Waals surface area contributed by atoms with Gasteiger partial charge in [0.25, 0.3) is 0 Å². The first-order chi connectivity index (χ1) is 9.47. The molecular weight excluding hydrogens is 312 g/mol. The quantitative estimate of drug-likeness (QED) is 0.610. The SMILES string of the molecule is CC(C)(C)c1ccc(-c2nc(Br)c3ccccn23)cc1. The van der Waals surface area contributed by atoms with Crippen LogP contribution >= 0.6 is 15.9 Å². The van der Waals surface area contributed by atoms with Crippen molar-refractivity contribution in [1.82, 2.24) is 9.38 Å². The summed E-state index contributed by atoms with van der Waals surface area (Å²) >= 11 is 3.53. The van der Waals surface area contributed by atoms with Crippen LogP contribution in [0.5, 0.6) is 0 Å². The van der Waals surface area contributed by atoms with E-state index in [2.05, 4.69) is 76.4 Å². The second kappa shape index (κ2) is 4.74. The van der Waals surface area contributed by atoms with Gasteiger partial charge in [0.2, 0.25) is 0 Å². The zero-order chi connectivity index (χ0) is 14.3. The summed E-state index contributed by atoms with van der Waals surface area (Å²) < 4.78 is 2.99. The number of imidazole rings is 1. The third-order valence-electron chi connectivity index (χ3n) is 3.51. The highest BCUT2D eigenvalue weighted by Gasteiger charge is 2.15. The van der Waals surface area contributed by atoms with Crippen molar-refractivity contribution in [2.24, 2.45) is 0 Å². The number of aromatic nitrogens is 2. The number of nitrogens with zero attached hydrogens (tertiary/aromatic N) is 2. The minimum Gasteiger partial charge on any atom is -0.299 e. The summed E-state index contributed by atoms with van der Waals surface area (Å²) in [6.45, 7) is 6.68. The Labute approximate surface area is 127 Å². The summed E-state index contributed by atoms with van der Waals surface area (Å²) in [5.41, 5.74) is 3.72. The van der Waals surface area contributed by atoms with Crippen LogP contribution in [0, 0.1) is 0 Å². The van der Waals surface area contributed by atoms with Gasteiger partial charge in [0, 0.05) is 11.8 Å². The summed E-state index contributed by atoms with van der Waals surface area (Å²) in [4.78, 5) is 4.63. The Kier molecular flexibility index (Phi) is 3.17. The molecule has 0 unspecified atom stereocenters. The molecule has 3 aromatic rings. The Hall–Kier alpha value is -1.61. The normalized spacial score (nSPS) is 12.0. The Morgan fingerprint density at radius 3 is 2.35 bits per heavy atom. The van der Waals surface area contributed by atoms with Crippen LogP contribution in [0.2, 0.25) is 0 Å². The van der Waals surface area contributed by atoms with E-state index in [-0.39, 0.29) is 5.41 Å². The first kappa shape index (κ1) is 13.4. The molecule has 0 bridgehead atoms. The number of hydrogen-bond acceptors (Lipinski definition) is 1. The largest absolute Gasteiger partial charge is 0.299 e. The molecule has 0 aliphatic rings. The molecule has 102 valence electrons. The van der Waals surface area contributed by atoms with Crippen molar-refractivity contribution in [2.75, 3.05) is 0 Å². The predicted molar refractivity (Wildman–Crippen MR) is 87.0 cm³/mol. The maximum atomic E-state index is 4.63. The van der Waals surface area contributed by atoms with E-state index < -0.39 is 0 Å². The molecule has 0 N–H and O–H groups in total. The van der Waals surface area contributed by atoms with Gasteiger partial charge in [-0.3, -0.25) is 4.40 Å². The smallest absolute Gasteiger partial charge is 0.145 e. The van der Waals surface area contributed by atoms with Crippen LogP contribution in [0.25, 0.3) is 16.9 Å². The number of benzene rings is 1. The molecule has 0 radical (unpaired) electrons. The maximum Gasteiger partial charge on any atom is 0.145 e. The predicted octanol–water partition coefficient (Wildman–Crippen LogP) is 5.06. The number of fused-ring (bicyclic) bond motifs is 1. The van der Waals surface area contributed by atoms with Crippen molar-refractivity contribution in [3.05, 3.63) is 58.8 Å². The Morgan fingerprint density at radius 2 is 1.70 bits per heavy atom. The molecule has 2 aromatic heterocycles. The number of rotatable bonds is 1. The number of pyridine rings is 1. The summed E-state index contributed by atoms with van der Waals surface area (Å²) in [5.74, 6) is 0.966. The van der Waals surface area contributed by atoms with Crippen molar-refractivity contribution in [3.8, 4) is 11.4 Å². The molecular formula is C17H17BrN2. The lowest BCUT2D eigenvalue weighted by molar-refractivity contribution is 0.590. The second-order valence-corrected chi connectivity index (χ2v) is 6.76. The Balaban J connectivity index is 2.12. The minimum absolute atomic E-state index is 0.174. The Morgan fingerprint density at radius 1 is 1.00 bits per heavy atom. The van der Waals surface area contributed by atoms with E-state index in [1.54, 1.807) is 0 Å². The van der Waals surface area contributed by atoms with Crippen molar-refractivity contribution < 1.29 is 0 Å². The van der Waals surface area contributed by atoms with Crippen LogP contribution in [-0.2, 0) is 5.41 Å². The van der Waals surface area contributed by atoms with Gasteiger partial charge in [-0.1, -0.05) is 51.1 Å². The average molecular weight is 329 g/mol. The highest BCUT2D eigenvalue weighted by molar-refractivity contribution is 9.10. The summed E-state index contributed by atoms with van der Waals surface area (Å²) in [6.07, 6.45) is 2.04. The highest BCUT2D eigenvalue weighted by Crippen LogP contribution is 2.28. The molecule has 2 heterocycles. The number of hydrogen-bond donors (Lipinski definition) is 0. The van der Waals surface area contributed by atoms with Gasteiger partial charge in [-0.15, -0.1) is 0 Å². The lowest BCUT2D eigenvalue weighted by atomic mass is 9.87. The van der Waals surface area contributed by atoms with Crippen LogP contribution in [-0.4, -0.2) is 9.38 Å². The van der Waals surface area contributed by atoms with E-state index in [1.807, 2.05) is 18.3 Å². The van der Waals surface area contributed by atoms with E-state index in [4.69, 9.17) is 0 Å². The summed E-state index contributed by atoms with van der Waals surface area (Å²) in [5, 5.41) is 0. The van der Waals surface area contributed by atoms with Crippen LogP contribution < -0.4 is 0 Å². The monoisotopic (exact) mass is 328 g/mol. The zero-order valence-electron chi connectivity index (χ0n) is 11.9. The molecule has 0 aliphatic heterocycles. The fourth-order valence-corrected chi connectivity index (χ4v) is 2.81. The van der Waals surface area contributed by atoms with E-state index in [0.29, 0.717) is 0 Å². The van der Waals surface area contributed by atoms with Crippen LogP contribution in [0.1, 0.15) is 26.3 Å². The zero-order valence-corrected chi connectivity index (χ0v) is 13.5. The fourth-order valence-electron chi connectivity index (χ4n) is 2.32. The molecule has 0 spiro atoms.